The van der Waals surface area contributed by atoms with E-state index in [4.69, 9.17) is 9.97 Å². The van der Waals surface area contributed by atoms with Crippen molar-refractivity contribution in [2.24, 2.45) is 0 Å². The van der Waals surface area contributed by atoms with Gasteiger partial charge in [-0.1, -0.05) is 55.4 Å². The molecule has 8 bridgehead atoms. The summed E-state index contributed by atoms with van der Waals surface area (Å²) in [7, 11) is 0. The Bertz CT molecular complexity index is 1600. The van der Waals surface area contributed by atoms with E-state index in [1.54, 1.807) is 0 Å². The monoisotopic (exact) mass is 731 g/mol. The summed E-state index contributed by atoms with van der Waals surface area (Å²) in [5.41, 5.74) is 16.4. The summed E-state index contributed by atoms with van der Waals surface area (Å²) in [5, 5.41) is 0. The number of nitrogens with zero attached hydrogens (tertiary/aromatic N) is 2. The van der Waals surface area contributed by atoms with E-state index in [9.17, 15) is 0 Å². The van der Waals surface area contributed by atoms with Crippen molar-refractivity contribution in [1.82, 2.24) is 19.9 Å². The normalized spacial score (nSPS) is 16.2. The molecule has 3 aromatic heterocycles. The van der Waals surface area contributed by atoms with Gasteiger partial charge in [0.05, 0.1) is 11.4 Å². The smallest absolute Gasteiger partial charge is 0.355 e. The zero-order valence-electron chi connectivity index (χ0n) is 26.3. The van der Waals surface area contributed by atoms with Crippen molar-refractivity contribution in [2.45, 2.75) is 118 Å². The van der Waals surface area contributed by atoms with E-state index in [2.05, 4.69) is 95.7 Å². The van der Waals surface area contributed by atoms with Gasteiger partial charge in [0.15, 0.2) is 0 Å². The van der Waals surface area contributed by atoms with E-state index < -0.39 is 0 Å². The average molecular weight is 732 g/mol. The molecule has 2 aliphatic heterocycles. The molecule has 2 aliphatic rings. The fraction of sp³-hybridized carbons (Fsp3) is 0.500. The second kappa shape index (κ2) is 12.8. The van der Waals surface area contributed by atoms with E-state index >= 15 is 0 Å². The van der Waals surface area contributed by atoms with Gasteiger partial charge in [-0.05, 0) is 110 Å². The standard InChI is InChI=1S/C36H48N4.Pt/c1-9-23-24(10-2)31-20-33-28(14-6)36(15-7,16-8)34(39-33)21-32-25(11-3)26(12-4)35(40-32)27(13-5)29-18-17-22(37-29)19-30(23)38-31;/h17-21,28,37,40H,9-16H2,1-8H3;/q;+2. The largest absolute Gasteiger partial charge is 2.00 e. The number of fused-ring (bicyclic) bond motifs is 8. The summed E-state index contributed by atoms with van der Waals surface area (Å²) in [6.45, 7) is 18.4. The van der Waals surface area contributed by atoms with Crippen LogP contribution in [-0.2, 0) is 45.7 Å². The van der Waals surface area contributed by atoms with Gasteiger partial charge < -0.3 is 9.97 Å². The molecule has 0 fully saturated rings. The van der Waals surface area contributed by atoms with Crippen molar-refractivity contribution in [1.29, 1.82) is 0 Å². The summed E-state index contributed by atoms with van der Waals surface area (Å²) >= 11 is 0. The van der Waals surface area contributed by atoms with Crippen molar-refractivity contribution in [3.8, 4) is 0 Å². The van der Waals surface area contributed by atoms with E-state index in [1.807, 2.05) is 0 Å². The number of aromatic nitrogens is 4. The van der Waals surface area contributed by atoms with Crippen LogP contribution in [0.3, 0.4) is 0 Å². The van der Waals surface area contributed by atoms with Crippen LogP contribution < -0.4 is 0 Å². The van der Waals surface area contributed by atoms with Crippen LogP contribution in [0.25, 0.3) is 33.2 Å². The van der Waals surface area contributed by atoms with Gasteiger partial charge in [0.2, 0.25) is 0 Å². The minimum Gasteiger partial charge on any atom is -0.355 e. The zero-order valence-corrected chi connectivity index (χ0v) is 28.6. The summed E-state index contributed by atoms with van der Waals surface area (Å²) in [4.78, 5) is 18.4. The third-order valence-electron chi connectivity index (χ3n) is 9.89. The molecule has 41 heavy (non-hydrogen) atoms. The molecule has 0 spiro atoms. The maximum atomic E-state index is 5.48. The topological polar surface area (TPSA) is 57.4 Å². The second-order valence-corrected chi connectivity index (χ2v) is 11.5. The van der Waals surface area contributed by atoms with Crippen LogP contribution in [-0.4, -0.2) is 19.9 Å². The van der Waals surface area contributed by atoms with Crippen LogP contribution in [0.1, 0.15) is 133 Å². The quantitative estimate of drug-likeness (QED) is 0.242. The molecule has 220 valence electrons. The van der Waals surface area contributed by atoms with Gasteiger partial charge in [-0.2, -0.15) is 0 Å². The number of aryl methyl sites for hydroxylation is 3. The molecule has 1 atom stereocenters. The van der Waals surface area contributed by atoms with Crippen molar-refractivity contribution in [2.75, 3.05) is 0 Å². The number of aromatic amines is 2. The molecule has 0 amide bonds. The van der Waals surface area contributed by atoms with Gasteiger partial charge in [-0.25, -0.2) is 4.98 Å². The molecule has 0 radical (unpaired) electrons. The number of rotatable bonds is 8. The minimum absolute atomic E-state index is 0. The molecule has 2 N–H and O–H groups in total. The molecule has 0 saturated carbocycles. The SMILES string of the molecule is CCC1=C(CC)c2cc3ccc([nH]3)c(CC)c3[nH]c(cc4nc(cc1n2)C(CC)C4(CC)CC)c(CC)c3CC.[Pt+2]. The van der Waals surface area contributed by atoms with Gasteiger partial charge in [0.25, 0.3) is 0 Å². The first-order valence-corrected chi connectivity index (χ1v) is 15.9. The molecule has 0 aliphatic carbocycles. The molecule has 4 nitrogen and oxygen atoms in total. The number of hydrogen-bond donors (Lipinski definition) is 2. The Labute approximate surface area is 261 Å². The Kier molecular flexibility index (Phi) is 9.84. The molecule has 5 rings (SSSR count). The third-order valence-corrected chi connectivity index (χ3v) is 9.89. The Morgan fingerprint density at radius 3 is 1.85 bits per heavy atom. The molecule has 1 unspecified atom stereocenters. The summed E-state index contributed by atoms with van der Waals surface area (Å²) in [5.74, 6) is 0.386. The van der Waals surface area contributed by atoms with Crippen LogP contribution >= 0.6 is 0 Å². The van der Waals surface area contributed by atoms with Crippen LogP contribution in [0, 0.1) is 0 Å². The predicted octanol–water partition coefficient (Wildman–Crippen LogP) is 9.98. The molecule has 3 aromatic rings. The van der Waals surface area contributed by atoms with Gasteiger partial charge in [-0.3, -0.25) is 4.98 Å². The molecule has 0 saturated heterocycles. The molecular weight excluding hydrogens is 684 g/mol. The van der Waals surface area contributed by atoms with E-state index in [-0.39, 0.29) is 26.5 Å². The van der Waals surface area contributed by atoms with Crippen molar-refractivity contribution < 1.29 is 21.1 Å². The Morgan fingerprint density at radius 1 is 0.659 bits per heavy atom. The summed E-state index contributed by atoms with van der Waals surface area (Å²) in [6.07, 6.45) is 8.15. The first kappa shape index (κ1) is 31.5. The average Bonchev–Trinajstić information content (AvgIpc) is 3.71. The fourth-order valence-electron chi connectivity index (χ4n) is 7.78. The second-order valence-electron chi connectivity index (χ2n) is 11.5. The first-order chi connectivity index (χ1) is 19.4. The van der Waals surface area contributed by atoms with Crippen molar-refractivity contribution in [3.05, 3.63) is 69.8 Å². The number of hydrogen-bond acceptors (Lipinski definition) is 2. The maximum Gasteiger partial charge on any atom is 2.00 e. The molecule has 0 aromatic carbocycles. The molecule has 5 heteroatoms. The number of allylic oxidation sites excluding steroid dienone is 2. The number of nitrogens with one attached hydrogen (secondary N) is 2. The Balaban J connectivity index is 0.00000387. The van der Waals surface area contributed by atoms with Gasteiger partial charge in [-0.15, -0.1) is 0 Å². The van der Waals surface area contributed by atoms with Crippen molar-refractivity contribution >= 4 is 33.2 Å². The zero-order chi connectivity index (χ0) is 28.6. The van der Waals surface area contributed by atoms with E-state index in [0.29, 0.717) is 5.92 Å². The predicted molar refractivity (Wildman–Crippen MR) is 172 cm³/mol. The Hall–Kier alpha value is -2.45. The summed E-state index contributed by atoms with van der Waals surface area (Å²) < 4.78 is 0. The van der Waals surface area contributed by atoms with Gasteiger partial charge in [0, 0.05) is 44.8 Å². The summed E-state index contributed by atoms with van der Waals surface area (Å²) in [6, 6.07) is 11.4. The Morgan fingerprint density at radius 2 is 1.29 bits per heavy atom. The maximum absolute atomic E-state index is 5.48. The van der Waals surface area contributed by atoms with Gasteiger partial charge in [0.1, 0.15) is 0 Å². The number of H-pyrrole nitrogens is 2. The molecular formula is C36H48N4Pt+2. The third kappa shape index (κ3) is 5.09. The van der Waals surface area contributed by atoms with Crippen molar-refractivity contribution in [3.63, 3.8) is 0 Å². The van der Waals surface area contributed by atoms with Gasteiger partial charge >= 0.3 is 21.1 Å². The molecule has 5 heterocycles. The van der Waals surface area contributed by atoms with Crippen LogP contribution in [0.15, 0.2) is 30.3 Å². The minimum atomic E-state index is 0. The van der Waals surface area contributed by atoms with Crippen LogP contribution in [0.2, 0.25) is 0 Å². The first-order valence-electron chi connectivity index (χ1n) is 15.9. The van der Waals surface area contributed by atoms with Crippen LogP contribution in [0.4, 0.5) is 0 Å². The van der Waals surface area contributed by atoms with E-state index in [0.717, 1.165) is 68.3 Å². The van der Waals surface area contributed by atoms with E-state index in [1.165, 1.54) is 55.8 Å². The fourth-order valence-corrected chi connectivity index (χ4v) is 7.78. The van der Waals surface area contributed by atoms with Crippen LogP contribution in [0.5, 0.6) is 0 Å².